The number of aromatic nitrogens is 2. The number of esters is 2. The summed E-state index contributed by atoms with van der Waals surface area (Å²) < 4.78 is 10.2. The number of carbonyl (C=O) groups excluding carboxylic acids is 2. The SMILES string of the molecule is CCOC(=O)c1ccc(-c2nc([C@@H]3CCCCCN3C(=O)O)[nH]c2C(=O)OCC)cc1. The highest BCUT2D eigenvalue weighted by Gasteiger charge is 2.31. The van der Waals surface area contributed by atoms with Crippen LogP contribution in [0.1, 0.15) is 72.2 Å². The summed E-state index contributed by atoms with van der Waals surface area (Å²) in [5.41, 5.74) is 1.52. The van der Waals surface area contributed by atoms with Crippen molar-refractivity contribution in [2.24, 2.45) is 0 Å². The molecule has 0 spiro atoms. The van der Waals surface area contributed by atoms with E-state index in [2.05, 4.69) is 9.97 Å². The average molecular weight is 429 g/mol. The van der Waals surface area contributed by atoms with Gasteiger partial charge in [-0.15, -0.1) is 0 Å². The molecule has 1 aromatic heterocycles. The van der Waals surface area contributed by atoms with Crippen molar-refractivity contribution < 1.29 is 29.0 Å². The molecule has 2 N–H and O–H groups in total. The van der Waals surface area contributed by atoms with Crippen LogP contribution in [0.4, 0.5) is 4.79 Å². The molecule has 9 heteroatoms. The average Bonchev–Trinajstić information content (AvgIpc) is 3.04. The third-order valence-electron chi connectivity index (χ3n) is 5.19. The molecule has 0 aliphatic carbocycles. The Labute approximate surface area is 180 Å². The molecule has 1 aromatic carbocycles. The van der Waals surface area contributed by atoms with E-state index in [-0.39, 0.29) is 18.9 Å². The summed E-state index contributed by atoms with van der Waals surface area (Å²) in [7, 11) is 0. The number of amides is 1. The number of nitrogens with zero attached hydrogens (tertiary/aromatic N) is 2. The molecule has 1 aliphatic rings. The van der Waals surface area contributed by atoms with Crippen LogP contribution in [0.2, 0.25) is 0 Å². The first kappa shape index (κ1) is 22.3. The number of aromatic amines is 1. The zero-order chi connectivity index (χ0) is 22.4. The van der Waals surface area contributed by atoms with Crippen LogP contribution in [0.5, 0.6) is 0 Å². The molecule has 0 radical (unpaired) electrons. The molecule has 0 unspecified atom stereocenters. The molecule has 2 aromatic rings. The number of H-pyrrole nitrogens is 1. The van der Waals surface area contributed by atoms with Crippen LogP contribution in [0, 0.1) is 0 Å². The third-order valence-corrected chi connectivity index (χ3v) is 5.19. The highest BCUT2D eigenvalue weighted by molar-refractivity contribution is 5.95. The van der Waals surface area contributed by atoms with E-state index in [4.69, 9.17) is 9.47 Å². The summed E-state index contributed by atoms with van der Waals surface area (Å²) in [6.45, 7) is 4.33. The Balaban J connectivity index is 2.01. The lowest BCUT2D eigenvalue weighted by molar-refractivity contribution is 0.0513. The molecule has 1 fully saturated rings. The number of likely N-dealkylation sites (tertiary alicyclic amines) is 1. The van der Waals surface area contributed by atoms with E-state index in [9.17, 15) is 19.5 Å². The molecule has 2 heterocycles. The van der Waals surface area contributed by atoms with Crippen LogP contribution in [0.15, 0.2) is 24.3 Å². The smallest absolute Gasteiger partial charge is 0.407 e. The number of carboxylic acid groups (broad SMARTS) is 1. The van der Waals surface area contributed by atoms with Gasteiger partial charge in [0.15, 0.2) is 5.69 Å². The number of ether oxygens (including phenoxy) is 2. The Bertz CT molecular complexity index is 937. The van der Waals surface area contributed by atoms with Gasteiger partial charge in [-0.2, -0.15) is 0 Å². The van der Waals surface area contributed by atoms with Gasteiger partial charge in [0, 0.05) is 12.1 Å². The number of benzene rings is 1. The Morgan fingerprint density at radius 3 is 2.39 bits per heavy atom. The van der Waals surface area contributed by atoms with Gasteiger partial charge in [-0.25, -0.2) is 19.4 Å². The minimum Gasteiger partial charge on any atom is -0.465 e. The lowest BCUT2D eigenvalue weighted by Crippen LogP contribution is -2.34. The minimum absolute atomic E-state index is 0.162. The number of nitrogens with one attached hydrogen (secondary N) is 1. The molecule has 1 atom stereocenters. The van der Waals surface area contributed by atoms with Gasteiger partial charge in [-0.3, -0.25) is 4.90 Å². The summed E-state index contributed by atoms with van der Waals surface area (Å²) in [5.74, 6) is -0.587. The van der Waals surface area contributed by atoms with Crippen LogP contribution in [0.3, 0.4) is 0 Å². The van der Waals surface area contributed by atoms with E-state index < -0.39 is 24.1 Å². The monoisotopic (exact) mass is 429 g/mol. The maximum Gasteiger partial charge on any atom is 0.407 e. The third kappa shape index (κ3) is 5.04. The van der Waals surface area contributed by atoms with Crippen LogP contribution >= 0.6 is 0 Å². The summed E-state index contributed by atoms with van der Waals surface area (Å²) in [6, 6.07) is 6.09. The second kappa shape index (κ2) is 10.1. The maximum atomic E-state index is 12.6. The van der Waals surface area contributed by atoms with E-state index in [0.717, 1.165) is 19.3 Å². The van der Waals surface area contributed by atoms with Crippen molar-refractivity contribution in [1.29, 1.82) is 0 Å². The molecular formula is C22H27N3O6. The van der Waals surface area contributed by atoms with Crippen molar-refractivity contribution in [3.8, 4) is 11.3 Å². The lowest BCUT2D eigenvalue weighted by Gasteiger charge is -2.25. The zero-order valence-corrected chi connectivity index (χ0v) is 17.7. The summed E-state index contributed by atoms with van der Waals surface area (Å²) >= 11 is 0. The van der Waals surface area contributed by atoms with Gasteiger partial charge in [0.1, 0.15) is 11.5 Å². The normalized spacial score (nSPS) is 16.5. The van der Waals surface area contributed by atoms with Crippen LogP contribution in [-0.4, -0.2) is 57.8 Å². The Morgan fingerprint density at radius 2 is 1.74 bits per heavy atom. The Kier molecular flexibility index (Phi) is 7.28. The highest BCUT2D eigenvalue weighted by Crippen LogP contribution is 2.32. The molecule has 1 saturated heterocycles. The van der Waals surface area contributed by atoms with Gasteiger partial charge in [0.05, 0.1) is 24.8 Å². The quantitative estimate of drug-likeness (QED) is 0.665. The first-order chi connectivity index (χ1) is 15.0. The van der Waals surface area contributed by atoms with Crippen LogP contribution < -0.4 is 0 Å². The highest BCUT2D eigenvalue weighted by atomic mass is 16.5. The largest absolute Gasteiger partial charge is 0.465 e. The van der Waals surface area contributed by atoms with Gasteiger partial charge >= 0.3 is 18.0 Å². The lowest BCUT2D eigenvalue weighted by atomic mass is 10.1. The van der Waals surface area contributed by atoms with Crippen molar-refractivity contribution in [2.45, 2.75) is 45.6 Å². The van der Waals surface area contributed by atoms with Crippen LogP contribution in [0.25, 0.3) is 11.3 Å². The van der Waals surface area contributed by atoms with Gasteiger partial charge < -0.3 is 19.6 Å². The molecule has 0 bridgehead atoms. The number of imidazole rings is 1. The topological polar surface area (TPSA) is 122 Å². The number of rotatable bonds is 6. The van der Waals surface area contributed by atoms with Crippen LogP contribution in [-0.2, 0) is 9.47 Å². The number of hydrogen-bond acceptors (Lipinski definition) is 6. The molecule has 0 saturated carbocycles. The number of carbonyl (C=O) groups is 3. The second-order valence-corrected chi connectivity index (χ2v) is 7.21. The van der Waals surface area contributed by atoms with E-state index >= 15 is 0 Å². The number of hydrogen-bond donors (Lipinski definition) is 2. The fraction of sp³-hybridized carbons (Fsp3) is 0.455. The van der Waals surface area contributed by atoms with Crippen molar-refractivity contribution in [3.05, 3.63) is 41.3 Å². The fourth-order valence-corrected chi connectivity index (χ4v) is 3.71. The summed E-state index contributed by atoms with van der Waals surface area (Å²) in [4.78, 5) is 45.3. The van der Waals surface area contributed by atoms with Crippen molar-refractivity contribution >= 4 is 18.0 Å². The van der Waals surface area contributed by atoms with E-state index in [1.54, 1.807) is 38.1 Å². The standard InChI is InChI=1S/C22H27N3O6/c1-3-30-20(26)15-11-9-14(10-12-15)17-18(21(27)31-4-2)24-19(23-17)16-8-6-5-7-13-25(16)22(28)29/h9-12,16H,3-8,13H2,1-2H3,(H,23,24)(H,28,29)/t16-/m0/s1. The summed E-state index contributed by atoms with van der Waals surface area (Å²) in [6.07, 6.45) is 2.20. The maximum absolute atomic E-state index is 12.6. The fourth-order valence-electron chi connectivity index (χ4n) is 3.71. The van der Waals surface area contributed by atoms with Crippen molar-refractivity contribution in [2.75, 3.05) is 19.8 Å². The van der Waals surface area contributed by atoms with E-state index in [1.807, 2.05) is 0 Å². The minimum atomic E-state index is -1.01. The zero-order valence-electron chi connectivity index (χ0n) is 17.7. The molecule has 31 heavy (non-hydrogen) atoms. The van der Waals surface area contributed by atoms with E-state index in [0.29, 0.717) is 35.6 Å². The van der Waals surface area contributed by atoms with Crippen molar-refractivity contribution in [3.63, 3.8) is 0 Å². The molecule has 1 aliphatic heterocycles. The Morgan fingerprint density at radius 1 is 1.06 bits per heavy atom. The van der Waals surface area contributed by atoms with Gasteiger partial charge in [0.2, 0.25) is 0 Å². The molecule has 9 nitrogen and oxygen atoms in total. The Hall–Kier alpha value is -3.36. The molecule has 1 amide bonds. The van der Waals surface area contributed by atoms with Gasteiger partial charge in [0.25, 0.3) is 0 Å². The molecule has 166 valence electrons. The van der Waals surface area contributed by atoms with E-state index in [1.165, 1.54) is 4.90 Å². The first-order valence-corrected chi connectivity index (χ1v) is 10.5. The predicted molar refractivity (Wildman–Crippen MR) is 112 cm³/mol. The molecular weight excluding hydrogens is 402 g/mol. The van der Waals surface area contributed by atoms with Gasteiger partial charge in [-0.05, 0) is 38.8 Å². The van der Waals surface area contributed by atoms with Gasteiger partial charge in [-0.1, -0.05) is 25.0 Å². The first-order valence-electron chi connectivity index (χ1n) is 10.5. The second-order valence-electron chi connectivity index (χ2n) is 7.21. The predicted octanol–water partition coefficient (Wildman–Crippen LogP) is 4.03. The van der Waals surface area contributed by atoms with Crippen molar-refractivity contribution in [1.82, 2.24) is 14.9 Å². The summed E-state index contributed by atoms with van der Waals surface area (Å²) in [5, 5.41) is 9.66. The molecule has 3 rings (SSSR count).